The van der Waals surface area contributed by atoms with E-state index in [1.807, 2.05) is 30.3 Å². The van der Waals surface area contributed by atoms with E-state index in [1.54, 1.807) is 0 Å². The molecule has 0 saturated carbocycles. The van der Waals surface area contributed by atoms with Crippen LogP contribution in [0.5, 0.6) is 5.75 Å². The van der Waals surface area contributed by atoms with E-state index in [1.165, 1.54) is 27.6 Å². The predicted molar refractivity (Wildman–Crippen MR) is 142 cm³/mol. The number of piperidine rings is 1. The van der Waals surface area contributed by atoms with Crippen molar-refractivity contribution in [3.63, 3.8) is 0 Å². The fourth-order valence-electron chi connectivity index (χ4n) is 4.59. The number of anilines is 1. The number of rotatable bonds is 10. The Morgan fingerprint density at radius 2 is 1.51 bits per heavy atom. The van der Waals surface area contributed by atoms with Crippen LogP contribution < -0.4 is 9.64 Å². The number of benzene rings is 4. The van der Waals surface area contributed by atoms with E-state index in [0.29, 0.717) is 26.4 Å². The van der Waals surface area contributed by atoms with E-state index in [-0.39, 0.29) is 6.10 Å². The Kier molecular flexibility index (Phi) is 7.94. The van der Waals surface area contributed by atoms with E-state index in [9.17, 15) is 0 Å². The molecule has 5 rings (SSSR count). The predicted octanol–water partition coefficient (Wildman–Crippen LogP) is 6.62. The van der Waals surface area contributed by atoms with Crippen molar-refractivity contribution in [1.82, 2.24) is 0 Å². The zero-order chi connectivity index (χ0) is 23.7. The minimum atomic E-state index is 0.243. The van der Waals surface area contributed by atoms with Crippen LogP contribution in [0.4, 0.5) is 5.69 Å². The highest BCUT2D eigenvalue weighted by Gasteiger charge is 2.21. The van der Waals surface area contributed by atoms with Gasteiger partial charge >= 0.3 is 0 Å². The molecule has 0 N–H and O–H groups in total. The normalized spacial score (nSPS) is 15.9. The molecule has 1 aliphatic rings. The van der Waals surface area contributed by atoms with Crippen LogP contribution in [-0.4, -0.2) is 32.4 Å². The number of hydrogen-bond donors (Lipinski definition) is 0. The Morgan fingerprint density at radius 3 is 2.37 bits per heavy atom. The Bertz CT molecular complexity index is 1190. The molecule has 4 aromatic rings. The van der Waals surface area contributed by atoms with Crippen LogP contribution in [-0.2, 0) is 22.7 Å². The summed E-state index contributed by atoms with van der Waals surface area (Å²) in [4.78, 5) is 2.42. The third-order valence-corrected chi connectivity index (χ3v) is 6.49. The molecule has 1 fully saturated rings. The molecule has 0 aromatic heterocycles. The molecule has 0 aliphatic carbocycles. The summed E-state index contributed by atoms with van der Waals surface area (Å²) < 4.78 is 17.9. The Labute approximate surface area is 208 Å². The summed E-state index contributed by atoms with van der Waals surface area (Å²) in [6, 6.07) is 33.7. The van der Waals surface area contributed by atoms with Gasteiger partial charge in [-0.3, -0.25) is 0 Å². The zero-order valence-electron chi connectivity index (χ0n) is 20.1. The van der Waals surface area contributed by atoms with Crippen molar-refractivity contribution >= 4 is 16.5 Å². The van der Waals surface area contributed by atoms with Gasteiger partial charge in [0.15, 0.2) is 0 Å². The summed E-state index contributed by atoms with van der Waals surface area (Å²) in [7, 11) is 0. The molecular formula is C31H33NO3. The minimum absolute atomic E-state index is 0.243. The molecule has 35 heavy (non-hydrogen) atoms. The Hall–Kier alpha value is -3.34. The molecule has 180 valence electrons. The van der Waals surface area contributed by atoms with Crippen LogP contribution in [0.1, 0.15) is 24.0 Å². The molecule has 0 bridgehead atoms. The minimum Gasteiger partial charge on any atom is -0.491 e. The topological polar surface area (TPSA) is 30.9 Å². The van der Waals surface area contributed by atoms with Crippen LogP contribution in [0.25, 0.3) is 10.8 Å². The average molecular weight is 468 g/mol. The van der Waals surface area contributed by atoms with Gasteiger partial charge in [-0.2, -0.15) is 0 Å². The zero-order valence-corrected chi connectivity index (χ0v) is 20.1. The maximum atomic E-state index is 6.32. The molecule has 1 atom stereocenters. The van der Waals surface area contributed by atoms with Gasteiger partial charge in [0.2, 0.25) is 0 Å². The van der Waals surface area contributed by atoms with Crippen LogP contribution in [0.15, 0.2) is 97.1 Å². The van der Waals surface area contributed by atoms with E-state index in [0.717, 1.165) is 31.7 Å². The molecule has 0 spiro atoms. The molecule has 4 heteroatoms. The first kappa shape index (κ1) is 23.4. The highest BCUT2D eigenvalue weighted by molar-refractivity contribution is 5.82. The molecule has 4 nitrogen and oxygen atoms in total. The molecule has 0 amide bonds. The van der Waals surface area contributed by atoms with Crippen molar-refractivity contribution in [3.05, 3.63) is 108 Å². The lowest BCUT2D eigenvalue weighted by Crippen LogP contribution is -2.39. The highest BCUT2D eigenvalue weighted by atomic mass is 16.5. The van der Waals surface area contributed by atoms with Crippen LogP contribution in [0, 0.1) is 0 Å². The highest BCUT2D eigenvalue weighted by Crippen LogP contribution is 2.25. The summed E-state index contributed by atoms with van der Waals surface area (Å²) in [5, 5.41) is 2.54. The lowest BCUT2D eigenvalue weighted by atomic mass is 10.1. The summed E-state index contributed by atoms with van der Waals surface area (Å²) in [6.07, 6.45) is 2.49. The number of fused-ring (bicyclic) bond motifs is 1. The smallest absolute Gasteiger partial charge is 0.119 e. The quantitative estimate of drug-likeness (QED) is 0.245. The lowest BCUT2D eigenvalue weighted by Gasteiger charge is -2.34. The van der Waals surface area contributed by atoms with Crippen molar-refractivity contribution in [2.24, 2.45) is 0 Å². The molecule has 0 radical (unpaired) electrons. The van der Waals surface area contributed by atoms with Crippen molar-refractivity contribution in [2.45, 2.75) is 32.2 Å². The van der Waals surface area contributed by atoms with Gasteiger partial charge in [-0.05, 0) is 65.1 Å². The SMILES string of the molecule is c1ccc(COCCOc2ccc(N3CCCC(OCc4ccc5ccccc5c4)C3)cc2)cc1. The van der Waals surface area contributed by atoms with Gasteiger partial charge in [0.1, 0.15) is 12.4 Å². The monoisotopic (exact) mass is 467 g/mol. The van der Waals surface area contributed by atoms with Crippen molar-refractivity contribution in [1.29, 1.82) is 0 Å². The van der Waals surface area contributed by atoms with Gasteiger partial charge in [-0.1, -0.05) is 66.7 Å². The van der Waals surface area contributed by atoms with Crippen molar-refractivity contribution < 1.29 is 14.2 Å². The summed E-state index contributed by atoms with van der Waals surface area (Å²) in [5.74, 6) is 0.873. The first-order chi connectivity index (χ1) is 17.3. The molecule has 4 aromatic carbocycles. The summed E-state index contributed by atoms with van der Waals surface area (Å²) >= 11 is 0. The van der Waals surface area contributed by atoms with Gasteiger partial charge in [-0.25, -0.2) is 0 Å². The van der Waals surface area contributed by atoms with E-state index in [2.05, 4.69) is 71.6 Å². The van der Waals surface area contributed by atoms with Crippen molar-refractivity contribution in [2.75, 3.05) is 31.2 Å². The number of nitrogens with zero attached hydrogens (tertiary/aromatic N) is 1. The Morgan fingerprint density at radius 1 is 0.714 bits per heavy atom. The van der Waals surface area contributed by atoms with E-state index >= 15 is 0 Å². The lowest BCUT2D eigenvalue weighted by molar-refractivity contribution is 0.0316. The number of ether oxygens (including phenoxy) is 3. The van der Waals surface area contributed by atoms with Gasteiger partial charge in [0.05, 0.1) is 25.9 Å². The van der Waals surface area contributed by atoms with Gasteiger partial charge < -0.3 is 19.1 Å². The standard InChI is InChI=1S/C31H33NO3/c1-2-7-25(8-3-1)23-33-19-20-34-30-16-14-29(15-17-30)32-18-6-11-31(22-32)35-24-26-12-13-27-9-4-5-10-28(27)21-26/h1-5,7-10,12-17,21,31H,6,11,18-20,22-24H2. The molecule has 1 heterocycles. The molecule has 1 aliphatic heterocycles. The summed E-state index contributed by atoms with van der Waals surface area (Å²) in [6.45, 7) is 4.36. The first-order valence-corrected chi connectivity index (χ1v) is 12.5. The van der Waals surface area contributed by atoms with E-state index in [4.69, 9.17) is 14.2 Å². The fourth-order valence-corrected chi connectivity index (χ4v) is 4.59. The average Bonchev–Trinajstić information content (AvgIpc) is 2.93. The van der Waals surface area contributed by atoms with E-state index < -0.39 is 0 Å². The largest absolute Gasteiger partial charge is 0.491 e. The van der Waals surface area contributed by atoms with Crippen LogP contribution in [0.3, 0.4) is 0 Å². The first-order valence-electron chi connectivity index (χ1n) is 12.5. The van der Waals surface area contributed by atoms with Crippen LogP contribution in [0.2, 0.25) is 0 Å². The van der Waals surface area contributed by atoms with Crippen LogP contribution >= 0.6 is 0 Å². The summed E-state index contributed by atoms with van der Waals surface area (Å²) in [5.41, 5.74) is 3.63. The maximum Gasteiger partial charge on any atom is 0.119 e. The van der Waals surface area contributed by atoms with Gasteiger partial charge in [0.25, 0.3) is 0 Å². The van der Waals surface area contributed by atoms with Gasteiger partial charge in [0, 0.05) is 18.8 Å². The molecule has 1 saturated heterocycles. The van der Waals surface area contributed by atoms with Crippen molar-refractivity contribution in [3.8, 4) is 5.75 Å². The Balaban J connectivity index is 1.06. The third kappa shape index (κ3) is 6.62. The van der Waals surface area contributed by atoms with Gasteiger partial charge in [-0.15, -0.1) is 0 Å². The third-order valence-electron chi connectivity index (χ3n) is 6.49. The molecule has 1 unspecified atom stereocenters. The second-order valence-electron chi connectivity index (χ2n) is 9.08. The second-order valence-corrected chi connectivity index (χ2v) is 9.08. The number of hydrogen-bond acceptors (Lipinski definition) is 4. The second kappa shape index (κ2) is 11.9. The maximum absolute atomic E-state index is 6.32. The molecular weight excluding hydrogens is 434 g/mol. The fraction of sp³-hybridized carbons (Fsp3) is 0.290.